The lowest BCUT2D eigenvalue weighted by molar-refractivity contribution is -0.142. The van der Waals surface area contributed by atoms with Crippen LogP contribution in [0.2, 0.25) is 0 Å². The zero-order valence-electron chi connectivity index (χ0n) is 12.0. The summed E-state index contributed by atoms with van der Waals surface area (Å²) in [5, 5.41) is 3.25. The average molecular weight is 299 g/mol. The number of hydrogen-bond donors (Lipinski definition) is 2. The van der Waals surface area contributed by atoms with Gasteiger partial charge < -0.3 is 19.9 Å². The van der Waals surface area contributed by atoms with Gasteiger partial charge in [0, 0.05) is 24.9 Å². The summed E-state index contributed by atoms with van der Waals surface area (Å²) >= 11 is 0. The van der Waals surface area contributed by atoms with Crippen molar-refractivity contribution in [2.75, 3.05) is 19.6 Å². The van der Waals surface area contributed by atoms with Gasteiger partial charge in [-0.1, -0.05) is 0 Å². The number of fused-ring (bicyclic) bond motifs is 1. The number of aromatic nitrogens is 3. The number of imidazole rings is 1. The molecule has 2 aliphatic heterocycles. The van der Waals surface area contributed by atoms with Crippen molar-refractivity contribution >= 4 is 5.91 Å². The number of pyridine rings is 1. The number of ether oxygens (including phenoxy) is 1. The molecule has 1 saturated heterocycles. The van der Waals surface area contributed by atoms with Crippen LogP contribution in [0.25, 0.3) is 0 Å². The van der Waals surface area contributed by atoms with E-state index in [1.54, 1.807) is 18.7 Å². The van der Waals surface area contributed by atoms with Gasteiger partial charge in [-0.05, 0) is 12.1 Å². The van der Waals surface area contributed by atoms with Gasteiger partial charge in [0.1, 0.15) is 17.9 Å². The van der Waals surface area contributed by atoms with Gasteiger partial charge in [-0.2, -0.15) is 0 Å². The SMILES string of the molecule is O=C([C@H]1NCCc2[nH]cnc21)N1CC(Oc2cccnc2)C1. The molecule has 0 radical (unpaired) electrons. The molecule has 0 aromatic carbocycles. The van der Waals surface area contributed by atoms with Crippen LogP contribution in [-0.4, -0.2) is 51.5 Å². The molecule has 2 aliphatic rings. The van der Waals surface area contributed by atoms with Crippen molar-refractivity contribution in [3.05, 3.63) is 42.2 Å². The number of hydrogen-bond acceptors (Lipinski definition) is 5. The lowest BCUT2D eigenvalue weighted by Crippen LogP contribution is -2.59. The van der Waals surface area contributed by atoms with Crippen LogP contribution in [0.1, 0.15) is 17.4 Å². The van der Waals surface area contributed by atoms with Gasteiger partial charge in [-0.25, -0.2) is 4.98 Å². The van der Waals surface area contributed by atoms with E-state index in [0.717, 1.165) is 30.1 Å². The van der Waals surface area contributed by atoms with E-state index < -0.39 is 0 Å². The monoisotopic (exact) mass is 299 g/mol. The van der Waals surface area contributed by atoms with Gasteiger partial charge in [0.25, 0.3) is 0 Å². The summed E-state index contributed by atoms with van der Waals surface area (Å²) in [6.07, 6.45) is 5.97. The molecule has 0 aliphatic carbocycles. The Morgan fingerprint density at radius 1 is 1.41 bits per heavy atom. The van der Waals surface area contributed by atoms with E-state index in [-0.39, 0.29) is 18.1 Å². The summed E-state index contributed by atoms with van der Waals surface area (Å²) in [5.74, 6) is 0.809. The minimum absolute atomic E-state index is 0.0374. The molecule has 2 N–H and O–H groups in total. The number of amides is 1. The molecular weight excluding hydrogens is 282 g/mol. The summed E-state index contributed by atoms with van der Waals surface area (Å²) in [4.78, 5) is 25.8. The number of H-pyrrole nitrogens is 1. The molecule has 4 rings (SSSR count). The van der Waals surface area contributed by atoms with E-state index in [1.165, 1.54) is 0 Å². The molecule has 0 unspecified atom stereocenters. The first-order chi connectivity index (χ1) is 10.8. The Kier molecular flexibility index (Phi) is 3.27. The van der Waals surface area contributed by atoms with Gasteiger partial charge in [0.05, 0.1) is 31.3 Å². The van der Waals surface area contributed by atoms with E-state index in [2.05, 4.69) is 20.3 Å². The van der Waals surface area contributed by atoms with Gasteiger partial charge in [0.2, 0.25) is 5.91 Å². The second-order valence-corrected chi connectivity index (χ2v) is 5.58. The standard InChI is InChI=1S/C15H17N5O2/c21-15(14-13-12(3-5-17-14)18-9-19-13)20-7-11(8-20)22-10-2-1-4-16-6-10/h1-2,4,6,9,11,14,17H,3,5,7-8H2,(H,18,19)/t14-/m0/s1. The van der Waals surface area contributed by atoms with Crippen LogP contribution in [-0.2, 0) is 11.2 Å². The molecule has 114 valence electrons. The topological polar surface area (TPSA) is 83.1 Å². The third kappa shape index (κ3) is 2.33. The molecule has 0 bridgehead atoms. The second-order valence-electron chi connectivity index (χ2n) is 5.58. The molecule has 0 spiro atoms. The molecule has 2 aromatic heterocycles. The number of nitrogens with one attached hydrogen (secondary N) is 2. The zero-order chi connectivity index (χ0) is 14.9. The van der Waals surface area contributed by atoms with Crippen LogP contribution in [0.3, 0.4) is 0 Å². The van der Waals surface area contributed by atoms with E-state index >= 15 is 0 Å². The molecule has 7 nitrogen and oxygen atoms in total. The summed E-state index contributed by atoms with van der Waals surface area (Å²) in [7, 11) is 0. The number of nitrogens with zero attached hydrogens (tertiary/aromatic N) is 3. The van der Waals surface area contributed by atoms with E-state index in [4.69, 9.17) is 4.74 Å². The van der Waals surface area contributed by atoms with E-state index in [1.807, 2.05) is 17.0 Å². The van der Waals surface area contributed by atoms with Crippen LogP contribution in [0, 0.1) is 0 Å². The molecule has 1 atom stereocenters. The van der Waals surface area contributed by atoms with E-state index in [0.29, 0.717) is 13.1 Å². The van der Waals surface area contributed by atoms with Gasteiger partial charge in [0.15, 0.2) is 0 Å². The molecule has 22 heavy (non-hydrogen) atoms. The molecule has 2 aromatic rings. The van der Waals surface area contributed by atoms with Crippen molar-refractivity contribution in [3.63, 3.8) is 0 Å². The maximum Gasteiger partial charge on any atom is 0.246 e. The number of aromatic amines is 1. The maximum atomic E-state index is 12.6. The lowest BCUT2D eigenvalue weighted by Gasteiger charge is -2.41. The van der Waals surface area contributed by atoms with Crippen molar-refractivity contribution in [3.8, 4) is 5.75 Å². The minimum atomic E-state index is -0.339. The quantitative estimate of drug-likeness (QED) is 0.850. The van der Waals surface area contributed by atoms with Crippen molar-refractivity contribution in [1.29, 1.82) is 0 Å². The Bertz CT molecular complexity index is 666. The Hall–Kier alpha value is -2.41. The Morgan fingerprint density at radius 2 is 2.32 bits per heavy atom. The van der Waals surface area contributed by atoms with Crippen molar-refractivity contribution in [1.82, 2.24) is 25.2 Å². The molecular formula is C15H17N5O2. The maximum absolute atomic E-state index is 12.6. The van der Waals surface area contributed by atoms with Crippen LogP contribution in [0.4, 0.5) is 0 Å². The second kappa shape index (κ2) is 5.42. The van der Waals surface area contributed by atoms with Crippen LogP contribution in [0.5, 0.6) is 5.75 Å². The first-order valence-electron chi connectivity index (χ1n) is 7.42. The van der Waals surface area contributed by atoms with Gasteiger partial charge in [-0.3, -0.25) is 9.78 Å². The predicted molar refractivity (Wildman–Crippen MR) is 78.3 cm³/mol. The van der Waals surface area contributed by atoms with Crippen molar-refractivity contribution in [2.45, 2.75) is 18.6 Å². The predicted octanol–water partition coefficient (Wildman–Crippen LogP) is 0.281. The smallest absolute Gasteiger partial charge is 0.246 e. The van der Waals surface area contributed by atoms with Crippen LogP contribution < -0.4 is 10.1 Å². The summed E-state index contributed by atoms with van der Waals surface area (Å²) in [6, 6.07) is 3.37. The number of carbonyl (C=O) groups is 1. The molecule has 4 heterocycles. The summed E-state index contributed by atoms with van der Waals surface area (Å²) < 4.78 is 5.77. The van der Waals surface area contributed by atoms with E-state index in [9.17, 15) is 4.79 Å². The molecule has 1 fully saturated rings. The first kappa shape index (κ1) is 13.3. The van der Waals surface area contributed by atoms with Gasteiger partial charge >= 0.3 is 0 Å². The fourth-order valence-corrected chi connectivity index (χ4v) is 2.91. The van der Waals surface area contributed by atoms with Crippen molar-refractivity contribution < 1.29 is 9.53 Å². The fraction of sp³-hybridized carbons (Fsp3) is 0.400. The minimum Gasteiger partial charge on any atom is -0.485 e. The summed E-state index contributed by atoms with van der Waals surface area (Å²) in [5.41, 5.74) is 1.88. The summed E-state index contributed by atoms with van der Waals surface area (Å²) in [6.45, 7) is 1.99. The molecule has 0 saturated carbocycles. The third-order valence-electron chi connectivity index (χ3n) is 4.09. The Balaban J connectivity index is 1.37. The average Bonchev–Trinajstić information content (AvgIpc) is 2.99. The highest BCUT2D eigenvalue weighted by molar-refractivity contribution is 5.84. The number of rotatable bonds is 3. The third-order valence-corrected chi connectivity index (χ3v) is 4.09. The fourth-order valence-electron chi connectivity index (χ4n) is 2.91. The normalized spacial score (nSPS) is 21.1. The Labute approximate surface area is 127 Å². The zero-order valence-corrected chi connectivity index (χ0v) is 12.0. The highest BCUT2D eigenvalue weighted by Crippen LogP contribution is 2.25. The van der Waals surface area contributed by atoms with Crippen LogP contribution in [0.15, 0.2) is 30.9 Å². The Morgan fingerprint density at radius 3 is 3.14 bits per heavy atom. The number of carbonyl (C=O) groups excluding carboxylic acids is 1. The highest BCUT2D eigenvalue weighted by Gasteiger charge is 2.38. The van der Waals surface area contributed by atoms with Crippen molar-refractivity contribution in [2.24, 2.45) is 0 Å². The lowest BCUT2D eigenvalue weighted by atomic mass is 10.0. The molecule has 1 amide bonds. The largest absolute Gasteiger partial charge is 0.485 e. The number of likely N-dealkylation sites (tertiary alicyclic amines) is 1. The highest BCUT2D eigenvalue weighted by atomic mass is 16.5. The molecule has 7 heteroatoms. The first-order valence-corrected chi connectivity index (χ1v) is 7.42. The van der Waals surface area contributed by atoms with Gasteiger partial charge in [-0.15, -0.1) is 0 Å². The van der Waals surface area contributed by atoms with Crippen LogP contribution >= 0.6 is 0 Å².